The number of nitrogens with zero attached hydrogens (tertiary/aromatic N) is 5. The topological polar surface area (TPSA) is 75.4 Å². The molecule has 0 unspecified atom stereocenters. The lowest BCUT2D eigenvalue weighted by Crippen LogP contribution is -2.29. The van der Waals surface area contributed by atoms with Gasteiger partial charge in [0.25, 0.3) is 0 Å². The molecule has 116 valence electrons. The third-order valence-corrected chi connectivity index (χ3v) is 3.90. The molecule has 0 aromatic carbocycles. The van der Waals surface area contributed by atoms with Crippen molar-refractivity contribution < 1.29 is 4.92 Å². The van der Waals surface area contributed by atoms with Gasteiger partial charge in [0.1, 0.15) is 12.5 Å². The van der Waals surface area contributed by atoms with Crippen LogP contribution in [-0.4, -0.2) is 53.0 Å². The third-order valence-electron chi connectivity index (χ3n) is 3.90. The summed E-state index contributed by atoms with van der Waals surface area (Å²) in [6, 6.07) is 0. The average molecular weight is 293 g/mol. The van der Waals surface area contributed by atoms with Gasteiger partial charge >= 0.3 is 5.69 Å². The van der Waals surface area contributed by atoms with Gasteiger partial charge in [-0.1, -0.05) is 12.8 Å². The van der Waals surface area contributed by atoms with Crippen molar-refractivity contribution in [3.63, 3.8) is 0 Å². The molecule has 21 heavy (non-hydrogen) atoms. The lowest BCUT2D eigenvalue weighted by Gasteiger charge is -2.22. The molecular formula is C14H23N5O2. The van der Waals surface area contributed by atoms with Gasteiger partial charge < -0.3 is 9.80 Å². The van der Waals surface area contributed by atoms with Crippen LogP contribution >= 0.6 is 0 Å². The SMILES string of the molecule is CN(CCCN1CCCCCC1)c1ncncc1[N+](=O)[O-]. The molecule has 0 radical (unpaired) electrons. The molecular weight excluding hydrogens is 270 g/mol. The largest absolute Gasteiger partial charge is 0.354 e. The number of hydrogen-bond donors (Lipinski definition) is 0. The Morgan fingerprint density at radius 3 is 2.71 bits per heavy atom. The van der Waals surface area contributed by atoms with Gasteiger partial charge in [-0.15, -0.1) is 0 Å². The van der Waals surface area contributed by atoms with E-state index in [4.69, 9.17) is 0 Å². The van der Waals surface area contributed by atoms with Gasteiger partial charge in [-0.3, -0.25) is 10.1 Å². The third kappa shape index (κ3) is 4.63. The van der Waals surface area contributed by atoms with Crippen LogP contribution in [0.5, 0.6) is 0 Å². The summed E-state index contributed by atoms with van der Waals surface area (Å²) in [7, 11) is 1.84. The summed E-state index contributed by atoms with van der Waals surface area (Å²) >= 11 is 0. The maximum absolute atomic E-state index is 11.0. The van der Waals surface area contributed by atoms with E-state index in [0.717, 1.165) is 19.5 Å². The predicted octanol–water partition coefficient (Wildman–Crippen LogP) is 2.09. The van der Waals surface area contributed by atoms with Gasteiger partial charge in [0, 0.05) is 13.6 Å². The van der Waals surface area contributed by atoms with Gasteiger partial charge in [0.15, 0.2) is 0 Å². The standard InChI is InChI=1S/C14H23N5O2/c1-17(14-13(19(20)21)11-15-12-16-14)7-6-10-18-8-4-2-3-5-9-18/h11-12H,2-10H2,1H3. The number of nitro groups is 1. The summed E-state index contributed by atoms with van der Waals surface area (Å²) in [5.41, 5.74) is -0.0326. The quantitative estimate of drug-likeness (QED) is 0.590. The van der Waals surface area contributed by atoms with Crippen molar-refractivity contribution >= 4 is 11.5 Å². The maximum atomic E-state index is 11.0. The minimum absolute atomic E-state index is 0.0326. The smallest absolute Gasteiger partial charge is 0.329 e. The minimum atomic E-state index is -0.430. The lowest BCUT2D eigenvalue weighted by molar-refractivity contribution is -0.384. The number of likely N-dealkylation sites (tertiary alicyclic amines) is 1. The zero-order valence-electron chi connectivity index (χ0n) is 12.6. The average Bonchev–Trinajstić information content (AvgIpc) is 2.76. The van der Waals surface area contributed by atoms with Crippen LogP contribution in [-0.2, 0) is 0 Å². The molecule has 1 aromatic heterocycles. The summed E-state index contributed by atoms with van der Waals surface area (Å²) in [6.07, 6.45) is 8.84. The van der Waals surface area contributed by atoms with Crippen molar-refractivity contribution in [3.8, 4) is 0 Å². The Balaban J connectivity index is 1.84. The van der Waals surface area contributed by atoms with Crippen molar-refractivity contribution in [1.82, 2.24) is 14.9 Å². The van der Waals surface area contributed by atoms with E-state index in [1.54, 1.807) is 0 Å². The molecule has 1 aliphatic rings. The van der Waals surface area contributed by atoms with Crippen LogP contribution in [0.3, 0.4) is 0 Å². The van der Waals surface area contributed by atoms with E-state index >= 15 is 0 Å². The fourth-order valence-corrected chi connectivity index (χ4v) is 2.74. The Morgan fingerprint density at radius 2 is 2.05 bits per heavy atom. The Morgan fingerprint density at radius 1 is 1.33 bits per heavy atom. The first kappa shape index (κ1) is 15.6. The number of hydrogen-bond acceptors (Lipinski definition) is 6. The number of aromatic nitrogens is 2. The Kier molecular flexibility index (Phi) is 5.86. The van der Waals surface area contributed by atoms with E-state index in [0.29, 0.717) is 5.82 Å². The van der Waals surface area contributed by atoms with E-state index in [-0.39, 0.29) is 5.69 Å². The zero-order valence-corrected chi connectivity index (χ0v) is 12.6. The highest BCUT2D eigenvalue weighted by atomic mass is 16.6. The Labute approximate surface area is 125 Å². The highest BCUT2D eigenvalue weighted by molar-refractivity contribution is 5.55. The molecule has 1 saturated heterocycles. The molecule has 0 amide bonds. The lowest BCUT2D eigenvalue weighted by atomic mass is 10.2. The van der Waals surface area contributed by atoms with Crippen LogP contribution in [0, 0.1) is 10.1 Å². The highest BCUT2D eigenvalue weighted by Crippen LogP contribution is 2.22. The van der Waals surface area contributed by atoms with Crippen molar-refractivity contribution in [2.75, 3.05) is 38.1 Å². The van der Waals surface area contributed by atoms with Crippen LogP contribution < -0.4 is 4.90 Å². The normalized spacial score (nSPS) is 16.4. The van der Waals surface area contributed by atoms with E-state index < -0.39 is 4.92 Å². The molecule has 0 N–H and O–H groups in total. The van der Waals surface area contributed by atoms with E-state index in [1.165, 1.54) is 51.3 Å². The second-order valence-corrected chi connectivity index (χ2v) is 5.52. The number of rotatable bonds is 6. The van der Waals surface area contributed by atoms with Crippen molar-refractivity contribution in [2.45, 2.75) is 32.1 Å². The van der Waals surface area contributed by atoms with Crippen LogP contribution in [0.4, 0.5) is 11.5 Å². The predicted molar refractivity (Wildman–Crippen MR) is 81.5 cm³/mol. The molecule has 2 heterocycles. The van der Waals surface area contributed by atoms with Crippen molar-refractivity contribution in [1.29, 1.82) is 0 Å². The molecule has 0 spiro atoms. The van der Waals surface area contributed by atoms with Gasteiger partial charge in [0.05, 0.1) is 4.92 Å². The van der Waals surface area contributed by atoms with E-state index in [9.17, 15) is 10.1 Å². The summed E-state index contributed by atoms with van der Waals surface area (Å²) in [5.74, 6) is 0.394. The first-order valence-electron chi connectivity index (χ1n) is 7.56. The molecule has 0 bridgehead atoms. The summed E-state index contributed by atoms with van der Waals surface area (Å²) in [5, 5.41) is 11.0. The zero-order chi connectivity index (χ0) is 15.1. The van der Waals surface area contributed by atoms with Gasteiger partial charge in [0.2, 0.25) is 5.82 Å². The second-order valence-electron chi connectivity index (χ2n) is 5.52. The fraction of sp³-hybridized carbons (Fsp3) is 0.714. The molecule has 0 saturated carbocycles. The van der Waals surface area contributed by atoms with Crippen LogP contribution in [0.25, 0.3) is 0 Å². The van der Waals surface area contributed by atoms with Crippen molar-refractivity contribution in [2.24, 2.45) is 0 Å². The summed E-state index contributed by atoms with van der Waals surface area (Å²) in [6.45, 7) is 4.16. The van der Waals surface area contributed by atoms with E-state index in [1.807, 2.05) is 11.9 Å². The van der Waals surface area contributed by atoms with Crippen LogP contribution in [0.15, 0.2) is 12.5 Å². The molecule has 0 atom stereocenters. The molecule has 1 aromatic rings. The van der Waals surface area contributed by atoms with Crippen molar-refractivity contribution in [3.05, 3.63) is 22.6 Å². The molecule has 0 aliphatic carbocycles. The minimum Gasteiger partial charge on any atom is -0.354 e. The first-order chi connectivity index (χ1) is 10.2. The maximum Gasteiger partial charge on any atom is 0.329 e. The van der Waals surface area contributed by atoms with Crippen LogP contribution in [0.2, 0.25) is 0 Å². The van der Waals surface area contributed by atoms with Gasteiger partial charge in [-0.25, -0.2) is 9.97 Å². The van der Waals surface area contributed by atoms with Gasteiger partial charge in [-0.2, -0.15) is 0 Å². The van der Waals surface area contributed by atoms with Gasteiger partial charge in [-0.05, 0) is 38.9 Å². The Hall–Kier alpha value is -1.76. The van der Waals surface area contributed by atoms with Crippen LogP contribution in [0.1, 0.15) is 32.1 Å². The molecule has 1 aliphatic heterocycles. The Bertz CT molecular complexity index is 460. The number of anilines is 1. The second kappa shape index (κ2) is 7.87. The molecule has 7 heteroatoms. The fourth-order valence-electron chi connectivity index (χ4n) is 2.74. The summed E-state index contributed by atoms with van der Waals surface area (Å²) < 4.78 is 0. The van der Waals surface area contributed by atoms with E-state index in [2.05, 4.69) is 14.9 Å². The molecule has 2 rings (SSSR count). The summed E-state index contributed by atoms with van der Waals surface area (Å²) in [4.78, 5) is 22.7. The molecule has 1 fully saturated rings. The monoisotopic (exact) mass is 293 g/mol. The highest BCUT2D eigenvalue weighted by Gasteiger charge is 2.18. The molecule has 7 nitrogen and oxygen atoms in total. The first-order valence-corrected chi connectivity index (χ1v) is 7.56.